The van der Waals surface area contributed by atoms with Crippen LogP contribution in [0.15, 0.2) is 79.0 Å². The van der Waals surface area contributed by atoms with Crippen molar-refractivity contribution in [3.63, 3.8) is 0 Å². The first-order chi connectivity index (χ1) is 18.4. The number of aliphatic carboxylic acids is 1. The van der Waals surface area contributed by atoms with Crippen LogP contribution in [0.5, 0.6) is 5.75 Å². The van der Waals surface area contributed by atoms with E-state index in [4.69, 9.17) is 0 Å². The lowest BCUT2D eigenvalue weighted by Crippen LogP contribution is -2.57. The molecule has 3 aromatic carbocycles. The van der Waals surface area contributed by atoms with Gasteiger partial charge in [-0.05, 0) is 41.8 Å². The quantitative estimate of drug-likeness (QED) is 0.292. The number of hydrogen-bond donors (Lipinski definition) is 4. The molecule has 192 valence electrons. The van der Waals surface area contributed by atoms with Gasteiger partial charge >= 0.3 is 5.97 Å². The Balaban J connectivity index is 1.51. The number of aryl methyl sites for hydroxylation is 1. The Bertz CT molecular complexity index is 1580. The topological polar surface area (TPSA) is 123 Å². The van der Waals surface area contributed by atoms with Crippen molar-refractivity contribution in [3.8, 4) is 5.75 Å². The number of H-pyrrole nitrogens is 1. The van der Waals surface area contributed by atoms with Crippen LogP contribution in [-0.4, -0.2) is 38.5 Å². The second-order valence-corrected chi connectivity index (χ2v) is 10.0. The van der Waals surface area contributed by atoms with Gasteiger partial charge in [-0.15, -0.1) is 0 Å². The Morgan fingerprint density at radius 1 is 0.974 bits per heavy atom. The summed E-state index contributed by atoms with van der Waals surface area (Å²) >= 11 is 0. The zero-order valence-electron chi connectivity index (χ0n) is 20.7. The minimum Gasteiger partial charge on any atom is -0.508 e. The van der Waals surface area contributed by atoms with Crippen LogP contribution in [0.3, 0.4) is 0 Å². The van der Waals surface area contributed by atoms with Gasteiger partial charge in [0.2, 0.25) is 11.8 Å². The van der Waals surface area contributed by atoms with Crippen LogP contribution in [0.2, 0.25) is 0 Å². The minimum atomic E-state index is -1.78. The number of nitrogens with one attached hydrogen (secondary N) is 2. The molecule has 6 rings (SSSR count). The Morgan fingerprint density at radius 2 is 1.68 bits per heavy atom. The predicted molar refractivity (Wildman–Crippen MR) is 142 cm³/mol. The van der Waals surface area contributed by atoms with Gasteiger partial charge in [-0.3, -0.25) is 19.7 Å². The molecule has 8 heteroatoms. The van der Waals surface area contributed by atoms with Gasteiger partial charge in [-0.25, -0.2) is 4.90 Å². The molecule has 0 saturated carbocycles. The number of aromatic amines is 1. The number of fused-ring (bicyclic) bond motifs is 2. The van der Waals surface area contributed by atoms with Gasteiger partial charge in [0.25, 0.3) is 0 Å². The van der Waals surface area contributed by atoms with Crippen LogP contribution in [0.25, 0.3) is 10.9 Å². The van der Waals surface area contributed by atoms with Crippen molar-refractivity contribution >= 4 is 34.4 Å². The summed E-state index contributed by atoms with van der Waals surface area (Å²) in [6.07, 6.45) is 2.53. The standard InChI is InChI=1S/C30H27N3O5/c1-2-17-11-13-19(14-12-17)33-27(35)24-25(28(33)36)30(29(37)38,32-26(24)21-8-4-6-10-23(21)34)15-18-16-31-22-9-5-3-7-20(18)22/h3-14,16,24-26,31-32,34H,2,15H2,1H3,(H,37,38)/t24-,25+,26-,30+/m1/s1. The maximum Gasteiger partial charge on any atom is 0.325 e. The number of amides is 2. The van der Waals surface area contributed by atoms with Gasteiger partial charge in [0.15, 0.2) is 0 Å². The first kappa shape index (κ1) is 23.9. The summed E-state index contributed by atoms with van der Waals surface area (Å²) in [7, 11) is 0. The van der Waals surface area contributed by atoms with Gasteiger partial charge in [-0.2, -0.15) is 0 Å². The van der Waals surface area contributed by atoms with Crippen molar-refractivity contribution in [2.24, 2.45) is 11.8 Å². The zero-order chi connectivity index (χ0) is 26.6. The third kappa shape index (κ3) is 3.44. The van der Waals surface area contributed by atoms with E-state index < -0.39 is 41.2 Å². The van der Waals surface area contributed by atoms with E-state index >= 15 is 0 Å². The number of carboxylic acid groups (broad SMARTS) is 1. The average molecular weight is 510 g/mol. The highest BCUT2D eigenvalue weighted by atomic mass is 16.4. The van der Waals surface area contributed by atoms with Crippen molar-refractivity contribution in [1.29, 1.82) is 0 Å². The number of anilines is 1. The molecule has 0 unspecified atom stereocenters. The second kappa shape index (κ2) is 8.85. The van der Waals surface area contributed by atoms with Gasteiger partial charge in [0.1, 0.15) is 11.3 Å². The monoisotopic (exact) mass is 509 g/mol. The van der Waals surface area contributed by atoms with Gasteiger partial charge in [-0.1, -0.05) is 55.5 Å². The summed E-state index contributed by atoms with van der Waals surface area (Å²) in [6.45, 7) is 2.01. The number of carboxylic acids is 1. The fourth-order valence-electron chi connectivity index (χ4n) is 6.17. The van der Waals surface area contributed by atoms with E-state index in [0.717, 1.165) is 33.4 Å². The van der Waals surface area contributed by atoms with Crippen molar-refractivity contribution in [3.05, 3.63) is 95.7 Å². The van der Waals surface area contributed by atoms with Crippen LogP contribution in [0.4, 0.5) is 5.69 Å². The minimum absolute atomic E-state index is 0.0285. The molecule has 0 aliphatic carbocycles. The Kier molecular flexibility index (Phi) is 5.57. The number of aromatic nitrogens is 1. The number of benzene rings is 3. The maximum absolute atomic E-state index is 14.1. The molecule has 2 aliphatic heterocycles. The maximum atomic E-state index is 14.1. The molecule has 2 saturated heterocycles. The van der Waals surface area contributed by atoms with E-state index in [2.05, 4.69) is 10.3 Å². The third-order valence-electron chi connectivity index (χ3n) is 8.05. The SMILES string of the molecule is CCc1ccc(N2C(=O)[C@H]3[C@@H](c4ccccc4O)N[C@](Cc4c[nH]c5ccccc45)(C(=O)O)[C@@H]3C2=O)cc1. The number of phenols is 1. The summed E-state index contributed by atoms with van der Waals surface area (Å²) in [5.41, 5.74) is 1.64. The summed E-state index contributed by atoms with van der Waals surface area (Å²) in [5, 5.41) is 25.4. The average Bonchev–Trinajstić information content (AvgIpc) is 3.57. The molecular weight excluding hydrogens is 482 g/mol. The molecular formula is C30H27N3O5. The largest absolute Gasteiger partial charge is 0.508 e. The number of aromatic hydroxyl groups is 1. The number of phenolic OH excluding ortho intramolecular Hbond substituents is 1. The van der Waals surface area contributed by atoms with Crippen molar-refractivity contribution < 1.29 is 24.6 Å². The molecule has 0 bridgehead atoms. The number of hydrogen-bond acceptors (Lipinski definition) is 5. The van der Waals surface area contributed by atoms with Crippen LogP contribution in [0.1, 0.15) is 29.7 Å². The Hall–Kier alpha value is -4.43. The van der Waals surface area contributed by atoms with E-state index in [0.29, 0.717) is 11.3 Å². The molecule has 4 atom stereocenters. The Morgan fingerprint density at radius 3 is 2.39 bits per heavy atom. The fraction of sp³-hybridized carbons (Fsp3) is 0.233. The number of imide groups is 1. The van der Waals surface area contributed by atoms with E-state index in [1.165, 1.54) is 6.07 Å². The number of carbonyl (C=O) groups excluding carboxylic acids is 2. The van der Waals surface area contributed by atoms with Crippen LogP contribution >= 0.6 is 0 Å². The molecule has 2 amide bonds. The molecule has 3 heterocycles. The van der Waals surface area contributed by atoms with Crippen LogP contribution in [0, 0.1) is 11.8 Å². The molecule has 4 aromatic rings. The highest BCUT2D eigenvalue weighted by Crippen LogP contribution is 2.52. The number of rotatable bonds is 6. The lowest BCUT2D eigenvalue weighted by molar-refractivity contribution is -0.148. The number of carbonyl (C=O) groups is 3. The second-order valence-electron chi connectivity index (χ2n) is 10.0. The third-order valence-corrected chi connectivity index (χ3v) is 8.05. The van der Waals surface area contributed by atoms with Gasteiger partial charge in [0.05, 0.1) is 17.5 Å². The summed E-state index contributed by atoms with van der Waals surface area (Å²) in [5.74, 6) is -4.52. The van der Waals surface area contributed by atoms with Crippen LogP contribution < -0.4 is 10.2 Å². The molecule has 2 fully saturated rings. The summed E-state index contributed by atoms with van der Waals surface area (Å²) in [6, 6.07) is 20.4. The highest BCUT2D eigenvalue weighted by Gasteiger charge is 2.69. The molecule has 0 spiro atoms. The number of nitrogens with zero attached hydrogens (tertiary/aromatic N) is 1. The molecule has 0 radical (unpaired) electrons. The number of para-hydroxylation sites is 2. The molecule has 4 N–H and O–H groups in total. The van der Waals surface area contributed by atoms with Crippen LogP contribution in [-0.2, 0) is 27.2 Å². The van der Waals surface area contributed by atoms with Crippen molar-refractivity contribution in [2.45, 2.75) is 31.3 Å². The predicted octanol–water partition coefficient (Wildman–Crippen LogP) is 3.95. The first-order valence-corrected chi connectivity index (χ1v) is 12.7. The van der Waals surface area contributed by atoms with Gasteiger partial charge in [0, 0.05) is 35.1 Å². The molecule has 2 aliphatic rings. The summed E-state index contributed by atoms with van der Waals surface area (Å²) in [4.78, 5) is 45.5. The van der Waals surface area contributed by atoms with E-state index in [-0.39, 0.29) is 12.2 Å². The van der Waals surface area contributed by atoms with Gasteiger partial charge < -0.3 is 15.2 Å². The first-order valence-electron chi connectivity index (χ1n) is 12.7. The van der Waals surface area contributed by atoms with E-state index in [9.17, 15) is 24.6 Å². The normalized spacial score (nSPS) is 24.8. The Labute approximate surface area is 218 Å². The lowest BCUT2D eigenvalue weighted by atomic mass is 9.76. The fourth-order valence-corrected chi connectivity index (χ4v) is 6.17. The zero-order valence-corrected chi connectivity index (χ0v) is 20.7. The summed E-state index contributed by atoms with van der Waals surface area (Å²) < 4.78 is 0. The van der Waals surface area contributed by atoms with Crippen molar-refractivity contribution in [1.82, 2.24) is 10.3 Å². The van der Waals surface area contributed by atoms with E-state index in [1.54, 1.807) is 36.5 Å². The molecule has 38 heavy (non-hydrogen) atoms. The smallest absolute Gasteiger partial charge is 0.325 e. The van der Waals surface area contributed by atoms with E-state index in [1.807, 2.05) is 43.3 Å². The van der Waals surface area contributed by atoms with Crippen molar-refractivity contribution in [2.75, 3.05) is 4.90 Å². The molecule has 1 aromatic heterocycles. The lowest BCUT2D eigenvalue weighted by Gasteiger charge is -2.31. The molecule has 8 nitrogen and oxygen atoms in total. The highest BCUT2D eigenvalue weighted by molar-refractivity contribution is 6.24.